The van der Waals surface area contributed by atoms with Crippen LogP contribution in [0.5, 0.6) is 0 Å². The molecule has 0 aromatic rings. The van der Waals surface area contributed by atoms with Crippen LogP contribution in [0.15, 0.2) is 0 Å². The van der Waals surface area contributed by atoms with Crippen molar-refractivity contribution in [2.75, 3.05) is 57.7 Å². The van der Waals surface area contributed by atoms with Gasteiger partial charge in [0.2, 0.25) is 0 Å². The zero-order chi connectivity index (χ0) is 14.9. The summed E-state index contributed by atoms with van der Waals surface area (Å²) >= 11 is 10.9. The first-order valence-corrected chi connectivity index (χ1v) is 12.0. The zero-order valence-electron chi connectivity index (χ0n) is 11.5. The van der Waals surface area contributed by atoms with Crippen molar-refractivity contribution in [1.29, 1.82) is 0 Å². The van der Waals surface area contributed by atoms with Crippen molar-refractivity contribution in [1.82, 2.24) is 9.80 Å². The van der Waals surface area contributed by atoms with Crippen molar-refractivity contribution in [3.05, 3.63) is 0 Å². The molecule has 0 bridgehead atoms. The molecule has 0 aromatic carbocycles. The molecule has 0 atom stereocenters. The summed E-state index contributed by atoms with van der Waals surface area (Å²) in [5.74, 6) is 0. The van der Waals surface area contributed by atoms with Gasteiger partial charge in [-0.15, -0.1) is 0 Å². The first-order valence-electron chi connectivity index (χ1n) is 6.59. The Balaban J connectivity index is 0.00000242. The van der Waals surface area contributed by atoms with E-state index >= 15 is 0 Å². The van der Waals surface area contributed by atoms with Crippen LogP contribution in [-0.2, 0) is 9.47 Å². The van der Waals surface area contributed by atoms with Gasteiger partial charge in [0, 0.05) is 26.2 Å². The molecule has 2 fully saturated rings. The second-order valence-electron chi connectivity index (χ2n) is 4.25. The maximum atomic E-state index is 5.43. The standard InChI is InChI=1S/C11H18N2O2S6.2CH4/c16-10(12-1-5-14-6-2-12)20-18-9-19-21-11(17)13-3-7-15-8-4-13;;/h1-9H2;2*1H4. The number of hydrogen-bond acceptors (Lipinski definition) is 8. The molecule has 23 heavy (non-hydrogen) atoms. The van der Waals surface area contributed by atoms with Crippen molar-refractivity contribution < 1.29 is 9.47 Å². The quantitative estimate of drug-likeness (QED) is 0.277. The number of ether oxygens (including phenoxy) is 2. The Morgan fingerprint density at radius 1 is 0.739 bits per heavy atom. The second-order valence-corrected chi connectivity index (χ2v) is 10.5. The number of thiocarbonyl (C=S) groups is 2. The molecular formula is C13H26N2O2S6. The average molecular weight is 435 g/mol. The van der Waals surface area contributed by atoms with E-state index in [4.69, 9.17) is 33.9 Å². The van der Waals surface area contributed by atoms with Gasteiger partial charge >= 0.3 is 0 Å². The largest absolute Gasteiger partial charge is 0.378 e. The minimum Gasteiger partial charge on any atom is -0.378 e. The highest BCUT2D eigenvalue weighted by Gasteiger charge is 2.15. The van der Waals surface area contributed by atoms with E-state index in [1.165, 1.54) is 0 Å². The van der Waals surface area contributed by atoms with E-state index in [0.29, 0.717) is 0 Å². The Kier molecular flexibility index (Phi) is 15.0. The molecule has 0 aromatic heterocycles. The second kappa shape index (κ2) is 14.3. The summed E-state index contributed by atoms with van der Waals surface area (Å²) in [7, 11) is 6.91. The van der Waals surface area contributed by atoms with Gasteiger partial charge < -0.3 is 19.3 Å². The monoisotopic (exact) mass is 434 g/mol. The Hall–Kier alpha value is 1.10. The number of nitrogens with zero attached hydrogens (tertiary/aromatic N) is 2. The molecule has 10 heteroatoms. The number of morpholine rings is 2. The van der Waals surface area contributed by atoms with Crippen molar-refractivity contribution in [3.63, 3.8) is 0 Å². The normalized spacial score (nSPS) is 17.9. The van der Waals surface area contributed by atoms with Crippen LogP contribution < -0.4 is 0 Å². The first-order chi connectivity index (χ1) is 10.3. The lowest BCUT2D eigenvalue weighted by molar-refractivity contribution is 0.0702. The Bertz CT molecular complexity index is 317. The maximum absolute atomic E-state index is 5.43. The predicted octanol–water partition coefficient (Wildman–Crippen LogP) is 4.21. The van der Waals surface area contributed by atoms with Gasteiger partial charge in [0.15, 0.2) is 0 Å². The number of hydrogen-bond donors (Lipinski definition) is 0. The molecule has 0 amide bonds. The molecule has 2 rings (SSSR count). The average Bonchev–Trinajstić information content (AvgIpc) is 2.55. The van der Waals surface area contributed by atoms with E-state index < -0.39 is 0 Å². The van der Waals surface area contributed by atoms with Crippen LogP contribution in [0.25, 0.3) is 0 Å². The van der Waals surface area contributed by atoms with E-state index in [2.05, 4.69) is 9.80 Å². The van der Waals surface area contributed by atoms with Crippen LogP contribution in [0.3, 0.4) is 0 Å². The highest BCUT2D eigenvalue weighted by Crippen LogP contribution is 2.35. The molecule has 4 nitrogen and oxygen atoms in total. The van der Waals surface area contributed by atoms with Gasteiger partial charge in [0.25, 0.3) is 0 Å². The highest BCUT2D eigenvalue weighted by atomic mass is 33.1. The molecule has 0 saturated carbocycles. The lowest BCUT2D eigenvalue weighted by Gasteiger charge is -2.28. The van der Waals surface area contributed by atoms with Gasteiger partial charge in [0.1, 0.15) is 8.64 Å². The van der Waals surface area contributed by atoms with E-state index in [-0.39, 0.29) is 14.9 Å². The molecule has 0 unspecified atom stereocenters. The summed E-state index contributed by atoms with van der Waals surface area (Å²) in [4.78, 5) is 4.43. The fourth-order valence-corrected chi connectivity index (χ4v) is 7.83. The van der Waals surface area contributed by atoms with Gasteiger partial charge in [-0.25, -0.2) is 0 Å². The van der Waals surface area contributed by atoms with Crippen molar-refractivity contribution >= 4 is 76.3 Å². The van der Waals surface area contributed by atoms with Crippen LogP contribution in [0.2, 0.25) is 0 Å². The van der Waals surface area contributed by atoms with Crippen LogP contribution in [0.4, 0.5) is 0 Å². The van der Waals surface area contributed by atoms with Crippen LogP contribution in [-0.4, -0.2) is 76.1 Å². The molecule has 0 N–H and O–H groups in total. The molecule has 136 valence electrons. The van der Waals surface area contributed by atoms with Crippen molar-refractivity contribution in [2.45, 2.75) is 14.9 Å². The smallest absolute Gasteiger partial charge is 0.147 e. The van der Waals surface area contributed by atoms with Gasteiger partial charge in [-0.2, -0.15) is 0 Å². The summed E-state index contributed by atoms with van der Waals surface area (Å²) in [6.07, 6.45) is 0. The first kappa shape index (κ1) is 24.1. The van der Waals surface area contributed by atoms with Crippen LogP contribution >= 0.6 is 67.6 Å². The summed E-state index contributed by atoms with van der Waals surface area (Å²) in [5.41, 5.74) is 0. The third kappa shape index (κ3) is 9.39. The topological polar surface area (TPSA) is 24.9 Å². The van der Waals surface area contributed by atoms with Gasteiger partial charge in [-0.1, -0.05) is 60.9 Å². The maximum Gasteiger partial charge on any atom is 0.147 e. The van der Waals surface area contributed by atoms with Gasteiger partial charge in [0.05, 0.1) is 31.5 Å². The number of rotatable bonds is 4. The summed E-state index contributed by atoms with van der Waals surface area (Å²) < 4.78 is 12.6. The van der Waals surface area contributed by atoms with E-state index in [1.807, 2.05) is 0 Å². The predicted molar refractivity (Wildman–Crippen MR) is 119 cm³/mol. The SMILES string of the molecule is C.C.S=C(SSCSSC(=S)N1CCOCC1)N1CCOCC1. The van der Waals surface area contributed by atoms with Crippen LogP contribution in [0, 0.1) is 0 Å². The molecule has 2 aliphatic rings. The third-order valence-electron chi connectivity index (χ3n) is 2.90. The fraction of sp³-hybridized carbons (Fsp3) is 0.846. The Labute approximate surface area is 167 Å². The molecule has 2 aliphatic heterocycles. The third-order valence-corrected chi connectivity index (χ3v) is 9.74. The van der Waals surface area contributed by atoms with E-state index in [0.717, 1.165) is 66.3 Å². The molecule has 0 radical (unpaired) electrons. The van der Waals surface area contributed by atoms with Crippen LogP contribution in [0.1, 0.15) is 14.9 Å². The minimum absolute atomic E-state index is 0. The molecular weight excluding hydrogens is 409 g/mol. The summed E-state index contributed by atoms with van der Waals surface area (Å²) in [5, 5.41) is 0.963. The minimum atomic E-state index is 0. The van der Waals surface area contributed by atoms with Gasteiger partial charge in [-0.3, -0.25) is 0 Å². The highest BCUT2D eigenvalue weighted by molar-refractivity contribution is 8.91. The molecule has 2 heterocycles. The van der Waals surface area contributed by atoms with Gasteiger partial charge in [-0.05, 0) is 21.6 Å². The molecule has 0 aliphatic carbocycles. The fourth-order valence-electron chi connectivity index (χ4n) is 1.77. The van der Waals surface area contributed by atoms with E-state index in [9.17, 15) is 0 Å². The lowest BCUT2D eigenvalue weighted by atomic mass is 10.5. The summed E-state index contributed by atoms with van der Waals surface area (Å²) in [6.45, 7) is 6.77. The lowest BCUT2D eigenvalue weighted by Crippen LogP contribution is -2.38. The van der Waals surface area contributed by atoms with E-state index in [1.54, 1.807) is 43.2 Å². The Morgan fingerprint density at radius 3 is 1.43 bits per heavy atom. The zero-order valence-corrected chi connectivity index (χ0v) is 16.4. The van der Waals surface area contributed by atoms with Crippen molar-refractivity contribution in [3.8, 4) is 0 Å². The molecule has 0 spiro atoms. The molecule has 2 saturated heterocycles. The summed E-state index contributed by atoms with van der Waals surface area (Å²) in [6, 6.07) is 0. The Morgan fingerprint density at radius 2 is 1.09 bits per heavy atom. The van der Waals surface area contributed by atoms with Crippen molar-refractivity contribution in [2.24, 2.45) is 0 Å².